The van der Waals surface area contributed by atoms with Gasteiger partial charge in [0, 0.05) is 6.54 Å². The minimum absolute atomic E-state index is 0.148. The van der Waals surface area contributed by atoms with E-state index in [0.29, 0.717) is 17.3 Å². The van der Waals surface area contributed by atoms with Gasteiger partial charge < -0.3 is 5.32 Å². The van der Waals surface area contributed by atoms with Crippen molar-refractivity contribution in [2.45, 2.75) is 33.1 Å². The number of hydrogen-bond acceptors (Lipinski definition) is 1. The fourth-order valence-electron chi connectivity index (χ4n) is 2.96. The summed E-state index contributed by atoms with van der Waals surface area (Å²) in [6.07, 6.45) is 1.20. The van der Waals surface area contributed by atoms with E-state index >= 15 is 0 Å². The van der Waals surface area contributed by atoms with Crippen LogP contribution in [0.15, 0.2) is 24.3 Å². The van der Waals surface area contributed by atoms with Gasteiger partial charge in [-0.25, -0.2) is 4.39 Å². The summed E-state index contributed by atoms with van der Waals surface area (Å²) in [5, 5.41) is 3.46. The minimum Gasteiger partial charge on any atom is -0.316 e. The molecular formula is C15H22FN. The van der Waals surface area contributed by atoms with Crippen molar-refractivity contribution in [2.24, 2.45) is 11.3 Å². The molecule has 2 rings (SSSR count). The Morgan fingerprint density at radius 1 is 1.18 bits per heavy atom. The smallest absolute Gasteiger partial charge is 0.123 e. The van der Waals surface area contributed by atoms with Gasteiger partial charge in [-0.1, -0.05) is 32.9 Å². The van der Waals surface area contributed by atoms with Crippen LogP contribution in [0.25, 0.3) is 0 Å². The molecule has 2 unspecified atom stereocenters. The van der Waals surface area contributed by atoms with Crippen molar-refractivity contribution in [2.75, 3.05) is 13.1 Å². The molecule has 0 amide bonds. The highest BCUT2D eigenvalue weighted by Gasteiger charge is 2.34. The van der Waals surface area contributed by atoms with E-state index in [-0.39, 0.29) is 5.82 Å². The molecule has 0 spiro atoms. The molecule has 2 heteroatoms. The predicted molar refractivity (Wildman–Crippen MR) is 69.6 cm³/mol. The van der Waals surface area contributed by atoms with Crippen LogP contribution in [0.1, 0.15) is 38.7 Å². The third-order valence-corrected chi connectivity index (χ3v) is 3.89. The highest BCUT2D eigenvalue weighted by molar-refractivity contribution is 5.23. The van der Waals surface area contributed by atoms with Crippen LogP contribution in [0.2, 0.25) is 0 Å². The summed E-state index contributed by atoms with van der Waals surface area (Å²) in [4.78, 5) is 0. The number of rotatable bonds is 1. The van der Waals surface area contributed by atoms with Gasteiger partial charge in [0.15, 0.2) is 0 Å². The van der Waals surface area contributed by atoms with E-state index in [0.717, 1.165) is 13.1 Å². The van der Waals surface area contributed by atoms with Crippen LogP contribution in [-0.4, -0.2) is 13.1 Å². The van der Waals surface area contributed by atoms with Gasteiger partial charge in [0.2, 0.25) is 0 Å². The van der Waals surface area contributed by atoms with Crippen LogP contribution in [0.5, 0.6) is 0 Å². The molecule has 0 aromatic heterocycles. The van der Waals surface area contributed by atoms with E-state index in [9.17, 15) is 4.39 Å². The largest absolute Gasteiger partial charge is 0.316 e. The zero-order chi connectivity index (χ0) is 12.5. The van der Waals surface area contributed by atoms with E-state index in [4.69, 9.17) is 0 Å². The molecule has 2 atom stereocenters. The van der Waals surface area contributed by atoms with Crippen molar-refractivity contribution in [3.05, 3.63) is 35.6 Å². The zero-order valence-corrected chi connectivity index (χ0v) is 11.0. The summed E-state index contributed by atoms with van der Waals surface area (Å²) >= 11 is 0. The van der Waals surface area contributed by atoms with Gasteiger partial charge in [0.25, 0.3) is 0 Å². The van der Waals surface area contributed by atoms with Crippen LogP contribution < -0.4 is 5.32 Å². The maximum absolute atomic E-state index is 13.0. The predicted octanol–water partition coefficient (Wildman–Crippen LogP) is 3.56. The standard InChI is InChI=1S/C15H22FN/c1-15(2,3)14-8-9-17-10-13(14)11-4-6-12(16)7-5-11/h4-7,13-14,17H,8-10H2,1-3H3. The Labute approximate surface area is 103 Å². The third kappa shape index (κ3) is 2.86. The van der Waals surface area contributed by atoms with Crippen molar-refractivity contribution in [3.63, 3.8) is 0 Å². The number of piperidine rings is 1. The van der Waals surface area contributed by atoms with Gasteiger partial charge in [-0.2, -0.15) is 0 Å². The highest BCUT2D eigenvalue weighted by Crippen LogP contribution is 2.41. The van der Waals surface area contributed by atoms with E-state index in [1.807, 2.05) is 12.1 Å². The van der Waals surface area contributed by atoms with E-state index < -0.39 is 0 Å². The van der Waals surface area contributed by atoms with E-state index in [2.05, 4.69) is 26.1 Å². The van der Waals surface area contributed by atoms with Crippen molar-refractivity contribution in [3.8, 4) is 0 Å². The second-order valence-corrected chi connectivity index (χ2v) is 6.12. The first kappa shape index (κ1) is 12.6. The average molecular weight is 235 g/mol. The minimum atomic E-state index is -0.148. The molecule has 1 aliphatic heterocycles. The third-order valence-electron chi connectivity index (χ3n) is 3.89. The molecule has 0 radical (unpaired) electrons. The van der Waals surface area contributed by atoms with Crippen LogP contribution in [-0.2, 0) is 0 Å². The molecule has 0 aliphatic carbocycles. The van der Waals surface area contributed by atoms with Gasteiger partial charge in [-0.05, 0) is 47.9 Å². The molecule has 94 valence electrons. The van der Waals surface area contributed by atoms with Gasteiger partial charge >= 0.3 is 0 Å². The maximum atomic E-state index is 13.0. The molecule has 17 heavy (non-hydrogen) atoms. The summed E-state index contributed by atoms with van der Waals surface area (Å²) in [6.45, 7) is 9.02. The first-order valence-electron chi connectivity index (χ1n) is 6.44. The number of nitrogens with one attached hydrogen (secondary N) is 1. The zero-order valence-electron chi connectivity index (χ0n) is 11.0. The molecule has 1 aromatic rings. The van der Waals surface area contributed by atoms with Crippen LogP contribution >= 0.6 is 0 Å². The summed E-state index contributed by atoms with van der Waals surface area (Å²) in [5.41, 5.74) is 1.57. The maximum Gasteiger partial charge on any atom is 0.123 e. The number of hydrogen-bond donors (Lipinski definition) is 1. The SMILES string of the molecule is CC(C)(C)C1CCNCC1c1ccc(F)cc1. The molecule has 1 fully saturated rings. The molecule has 0 bridgehead atoms. The molecule has 1 N–H and O–H groups in total. The fraction of sp³-hybridized carbons (Fsp3) is 0.600. The monoisotopic (exact) mass is 235 g/mol. The molecule has 1 nitrogen and oxygen atoms in total. The summed E-state index contributed by atoms with van der Waals surface area (Å²) in [6, 6.07) is 7.02. The number of halogens is 1. The molecule has 1 heterocycles. The van der Waals surface area contributed by atoms with Crippen molar-refractivity contribution < 1.29 is 4.39 Å². The fourth-order valence-corrected chi connectivity index (χ4v) is 2.96. The van der Waals surface area contributed by atoms with Crippen LogP contribution in [0, 0.1) is 17.2 Å². The summed E-state index contributed by atoms with van der Waals surface area (Å²) in [5.74, 6) is 1.02. The Morgan fingerprint density at radius 3 is 2.41 bits per heavy atom. The Bertz CT molecular complexity index is 364. The normalized spacial score (nSPS) is 25.9. The summed E-state index contributed by atoms with van der Waals surface area (Å²) in [7, 11) is 0. The Morgan fingerprint density at radius 2 is 1.82 bits per heavy atom. The first-order valence-corrected chi connectivity index (χ1v) is 6.44. The van der Waals surface area contributed by atoms with E-state index in [1.165, 1.54) is 12.0 Å². The second kappa shape index (κ2) is 4.77. The summed E-state index contributed by atoms with van der Waals surface area (Å²) < 4.78 is 13.0. The lowest BCUT2D eigenvalue weighted by molar-refractivity contribution is 0.160. The van der Waals surface area contributed by atoms with E-state index in [1.54, 1.807) is 12.1 Å². The lowest BCUT2D eigenvalue weighted by atomic mass is 9.68. The van der Waals surface area contributed by atoms with Crippen molar-refractivity contribution in [1.82, 2.24) is 5.32 Å². The number of benzene rings is 1. The lowest BCUT2D eigenvalue weighted by Crippen LogP contribution is -2.40. The van der Waals surface area contributed by atoms with Gasteiger partial charge in [0.1, 0.15) is 5.82 Å². The Hall–Kier alpha value is -0.890. The molecule has 1 saturated heterocycles. The Balaban J connectivity index is 2.25. The lowest BCUT2D eigenvalue weighted by Gasteiger charge is -2.41. The average Bonchev–Trinajstić information content (AvgIpc) is 2.29. The van der Waals surface area contributed by atoms with Crippen LogP contribution in [0.3, 0.4) is 0 Å². The molecular weight excluding hydrogens is 213 g/mol. The second-order valence-electron chi connectivity index (χ2n) is 6.12. The molecule has 1 aromatic carbocycles. The van der Waals surface area contributed by atoms with Gasteiger partial charge in [-0.3, -0.25) is 0 Å². The molecule has 0 saturated carbocycles. The van der Waals surface area contributed by atoms with Gasteiger partial charge in [-0.15, -0.1) is 0 Å². The van der Waals surface area contributed by atoms with Crippen LogP contribution in [0.4, 0.5) is 4.39 Å². The highest BCUT2D eigenvalue weighted by atomic mass is 19.1. The quantitative estimate of drug-likeness (QED) is 0.784. The molecule has 1 aliphatic rings. The Kier molecular flexibility index (Phi) is 3.53. The van der Waals surface area contributed by atoms with Gasteiger partial charge in [0.05, 0.1) is 0 Å². The van der Waals surface area contributed by atoms with Crippen molar-refractivity contribution >= 4 is 0 Å². The topological polar surface area (TPSA) is 12.0 Å². The first-order chi connectivity index (χ1) is 7.98. The van der Waals surface area contributed by atoms with Crippen molar-refractivity contribution in [1.29, 1.82) is 0 Å².